The summed E-state index contributed by atoms with van der Waals surface area (Å²) in [7, 11) is 0. The minimum absolute atomic E-state index is 0.0800. The molecular formula is C23H23Cl2F3N2O2. The van der Waals surface area contributed by atoms with E-state index < -0.39 is 29.5 Å². The van der Waals surface area contributed by atoms with Gasteiger partial charge >= 0.3 is 6.18 Å². The van der Waals surface area contributed by atoms with Crippen LogP contribution in [0.4, 0.5) is 13.2 Å². The first-order valence-electron chi connectivity index (χ1n) is 10.3. The molecule has 0 unspecified atom stereocenters. The van der Waals surface area contributed by atoms with E-state index in [0.717, 1.165) is 25.0 Å². The lowest BCUT2D eigenvalue weighted by Crippen LogP contribution is -2.36. The van der Waals surface area contributed by atoms with Crippen molar-refractivity contribution in [2.45, 2.75) is 31.9 Å². The molecule has 1 aliphatic heterocycles. The van der Waals surface area contributed by atoms with Gasteiger partial charge in [-0.2, -0.15) is 13.2 Å². The Balaban J connectivity index is 1.90. The fourth-order valence-corrected chi connectivity index (χ4v) is 4.36. The molecule has 2 aromatic rings. The maximum atomic E-state index is 13.3. The number of hydrogen-bond acceptors (Lipinski definition) is 2. The van der Waals surface area contributed by atoms with Crippen LogP contribution in [-0.2, 0) is 11.0 Å². The largest absolute Gasteiger partial charge is 0.416 e. The van der Waals surface area contributed by atoms with Crippen molar-refractivity contribution in [3.05, 3.63) is 69.2 Å². The van der Waals surface area contributed by atoms with Crippen LogP contribution in [0.25, 0.3) is 0 Å². The van der Waals surface area contributed by atoms with Gasteiger partial charge in [0.25, 0.3) is 5.91 Å². The van der Waals surface area contributed by atoms with Gasteiger partial charge in [0.2, 0.25) is 5.91 Å². The van der Waals surface area contributed by atoms with Gasteiger partial charge in [0.05, 0.1) is 22.1 Å². The first kappa shape index (κ1) is 24.4. The Labute approximate surface area is 194 Å². The normalized spacial score (nSPS) is 18.6. The van der Waals surface area contributed by atoms with Crippen LogP contribution in [0.3, 0.4) is 0 Å². The predicted octanol–water partition coefficient (Wildman–Crippen LogP) is 5.78. The highest BCUT2D eigenvalue weighted by atomic mass is 35.5. The highest BCUT2D eigenvalue weighted by Gasteiger charge is 2.41. The molecule has 2 amide bonds. The minimum Gasteiger partial charge on any atom is -0.356 e. The second kappa shape index (κ2) is 10.1. The van der Waals surface area contributed by atoms with E-state index in [1.165, 1.54) is 29.2 Å². The van der Waals surface area contributed by atoms with Crippen LogP contribution in [0.15, 0.2) is 42.5 Å². The zero-order valence-electron chi connectivity index (χ0n) is 17.4. The van der Waals surface area contributed by atoms with Crippen molar-refractivity contribution >= 4 is 35.0 Å². The molecule has 1 heterocycles. The third-order valence-corrected chi connectivity index (χ3v) is 6.12. The highest BCUT2D eigenvalue weighted by molar-refractivity contribution is 6.36. The maximum absolute atomic E-state index is 13.3. The van der Waals surface area contributed by atoms with E-state index in [0.29, 0.717) is 17.1 Å². The van der Waals surface area contributed by atoms with Gasteiger partial charge in [-0.3, -0.25) is 9.59 Å². The van der Waals surface area contributed by atoms with Crippen LogP contribution in [0.5, 0.6) is 0 Å². The van der Waals surface area contributed by atoms with Gasteiger partial charge in [-0.25, -0.2) is 0 Å². The number of rotatable bonds is 6. The summed E-state index contributed by atoms with van der Waals surface area (Å²) < 4.78 is 39.8. The molecule has 2 aromatic carbocycles. The van der Waals surface area contributed by atoms with Crippen LogP contribution < -0.4 is 5.32 Å². The van der Waals surface area contributed by atoms with E-state index >= 15 is 0 Å². The summed E-state index contributed by atoms with van der Waals surface area (Å²) in [4.78, 5) is 27.4. The first-order chi connectivity index (χ1) is 15.1. The summed E-state index contributed by atoms with van der Waals surface area (Å²) in [6.45, 7) is 2.64. The molecule has 0 aliphatic carbocycles. The summed E-state index contributed by atoms with van der Waals surface area (Å²) >= 11 is 12.1. The van der Waals surface area contributed by atoms with Crippen molar-refractivity contribution in [3.63, 3.8) is 0 Å². The molecule has 0 radical (unpaired) electrons. The molecule has 1 aliphatic rings. The minimum atomic E-state index is -4.50. The monoisotopic (exact) mass is 486 g/mol. The Bertz CT molecular complexity index is 997. The van der Waals surface area contributed by atoms with Crippen molar-refractivity contribution in [2.24, 2.45) is 5.92 Å². The lowest BCUT2D eigenvalue weighted by atomic mass is 9.87. The Morgan fingerprint density at radius 1 is 1.12 bits per heavy atom. The van der Waals surface area contributed by atoms with Gasteiger partial charge in [0, 0.05) is 30.6 Å². The van der Waals surface area contributed by atoms with Gasteiger partial charge < -0.3 is 10.2 Å². The first-order valence-corrected chi connectivity index (χ1v) is 11.1. The number of nitrogens with one attached hydrogen (secondary N) is 1. The SMILES string of the molecule is CCCCNC(=O)[C@H]1CN(C(=O)c2ccc(Cl)cc2Cl)C[C@H]1c1cccc(C(F)(F)F)c1. The van der Waals surface area contributed by atoms with Gasteiger partial charge in [-0.1, -0.05) is 54.7 Å². The average molecular weight is 487 g/mol. The number of likely N-dealkylation sites (tertiary alicyclic amines) is 1. The summed E-state index contributed by atoms with van der Waals surface area (Å²) in [5, 5.41) is 3.40. The van der Waals surface area contributed by atoms with Crippen LogP contribution in [-0.4, -0.2) is 36.3 Å². The molecule has 172 valence electrons. The highest BCUT2D eigenvalue weighted by Crippen LogP contribution is 2.37. The Morgan fingerprint density at radius 3 is 2.53 bits per heavy atom. The molecule has 1 fully saturated rings. The summed E-state index contributed by atoms with van der Waals surface area (Å²) in [6, 6.07) is 9.42. The number of unbranched alkanes of at least 4 members (excludes halogenated alkanes) is 1. The van der Waals surface area contributed by atoms with Crippen LogP contribution >= 0.6 is 23.2 Å². The predicted molar refractivity (Wildman–Crippen MR) is 118 cm³/mol. The zero-order chi connectivity index (χ0) is 23.5. The summed E-state index contributed by atoms with van der Waals surface area (Å²) in [5.74, 6) is -1.93. The van der Waals surface area contributed by atoms with Crippen molar-refractivity contribution in [1.82, 2.24) is 10.2 Å². The molecule has 1 saturated heterocycles. The van der Waals surface area contributed by atoms with Gasteiger partial charge in [0.15, 0.2) is 0 Å². The fraction of sp³-hybridized carbons (Fsp3) is 0.391. The lowest BCUT2D eigenvalue weighted by molar-refractivity contribution is -0.137. The lowest BCUT2D eigenvalue weighted by Gasteiger charge is -2.19. The summed E-state index contributed by atoms with van der Waals surface area (Å²) in [6.07, 6.45) is -2.82. The van der Waals surface area contributed by atoms with Crippen LogP contribution in [0, 0.1) is 5.92 Å². The number of carbonyl (C=O) groups is 2. The topological polar surface area (TPSA) is 49.4 Å². The van der Waals surface area contributed by atoms with Crippen molar-refractivity contribution in [1.29, 1.82) is 0 Å². The molecular weight excluding hydrogens is 464 g/mol. The number of carbonyl (C=O) groups excluding carboxylic acids is 2. The standard InChI is InChI=1S/C23H23Cl2F3N2O2/c1-2-3-9-29-21(31)19-13-30(22(32)17-8-7-16(24)11-20(17)25)12-18(19)14-5-4-6-15(10-14)23(26,27)28/h4-8,10-11,18-19H,2-3,9,12-13H2,1H3,(H,29,31)/t18-,19-/m0/s1. The second-order valence-electron chi connectivity index (χ2n) is 7.82. The third-order valence-electron chi connectivity index (χ3n) is 5.58. The molecule has 3 rings (SSSR count). The van der Waals surface area contributed by atoms with E-state index in [2.05, 4.69) is 5.32 Å². The molecule has 1 N–H and O–H groups in total. The molecule has 0 saturated carbocycles. The Kier molecular flexibility index (Phi) is 7.72. The number of amides is 2. The molecule has 2 atom stereocenters. The van der Waals surface area contributed by atoms with Crippen LogP contribution in [0.2, 0.25) is 10.0 Å². The zero-order valence-corrected chi connectivity index (χ0v) is 18.9. The van der Waals surface area contributed by atoms with E-state index in [1.54, 1.807) is 6.07 Å². The smallest absolute Gasteiger partial charge is 0.356 e. The van der Waals surface area contributed by atoms with Crippen molar-refractivity contribution in [3.8, 4) is 0 Å². The number of alkyl halides is 3. The molecule has 0 bridgehead atoms. The number of nitrogens with zero attached hydrogens (tertiary/aromatic N) is 1. The molecule has 9 heteroatoms. The molecule has 32 heavy (non-hydrogen) atoms. The Hall–Kier alpha value is -2.25. The van der Waals surface area contributed by atoms with Gasteiger partial charge in [0.1, 0.15) is 0 Å². The van der Waals surface area contributed by atoms with Gasteiger partial charge in [-0.05, 0) is 36.2 Å². The summed E-state index contributed by atoms with van der Waals surface area (Å²) in [5.41, 5.74) is -0.190. The van der Waals surface area contributed by atoms with E-state index in [-0.39, 0.29) is 29.6 Å². The number of benzene rings is 2. The van der Waals surface area contributed by atoms with Gasteiger partial charge in [-0.15, -0.1) is 0 Å². The van der Waals surface area contributed by atoms with E-state index in [9.17, 15) is 22.8 Å². The average Bonchev–Trinajstić information content (AvgIpc) is 3.18. The quantitative estimate of drug-likeness (QED) is 0.525. The van der Waals surface area contributed by atoms with E-state index in [1.807, 2.05) is 6.92 Å². The molecule has 0 spiro atoms. The third kappa shape index (κ3) is 5.56. The molecule has 4 nitrogen and oxygen atoms in total. The fourth-order valence-electron chi connectivity index (χ4n) is 3.87. The maximum Gasteiger partial charge on any atom is 0.416 e. The van der Waals surface area contributed by atoms with Crippen molar-refractivity contribution in [2.75, 3.05) is 19.6 Å². The Morgan fingerprint density at radius 2 is 1.88 bits per heavy atom. The molecule has 0 aromatic heterocycles. The van der Waals surface area contributed by atoms with E-state index in [4.69, 9.17) is 23.2 Å². The second-order valence-corrected chi connectivity index (χ2v) is 8.66. The number of hydrogen-bond donors (Lipinski definition) is 1. The van der Waals surface area contributed by atoms with Crippen molar-refractivity contribution < 1.29 is 22.8 Å². The van der Waals surface area contributed by atoms with Crippen LogP contribution in [0.1, 0.15) is 47.2 Å². The number of halogens is 5.